The first-order valence-corrected chi connectivity index (χ1v) is 6.55. The van der Waals surface area contributed by atoms with Gasteiger partial charge in [-0.2, -0.15) is 0 Å². The lowest BCUT2D eigenvalue weighted by atomic mass is 10.1. The Morgan fingerprint density at radius 3 is 2.73 bits per heavy atom. The molecule has 1 nitrogen and oxygen atoms in total. The van der Waals surface area contributed by atoms with E-state index in [1.807, 2.05) is 0 Å². The molecular weight excluding hydrogens is 250 g/mol. The Labute approximate surface area is 100 Å². The summed E-state index contributed by atoms with van der Waals surface area (Å²) in [7, 11) is 0. The van der Waals surface area contributed by atoms with E-state index in [0.29, 0.717) is 0 Å². The Bertz CT molecular complexity index is 329. The van der Waals surface area contributed by atoms with Crippen molar-refractivity contribution in [1.82, 2.24) is 0 Å². The fraction of sp³-hybridized carbons (Fsp3) is 0.538. The average Bonchev–Trinajstić information content (AvgIpc) is 2.73. The van der Waals surface area contributed by atoms with E-state index in [1.165, 1.54) is 41.4 Å². The Hall–Kier alpha value is -0.500. The van der Waals surface area contributed by atoms with Crippen LogP contribution in [0, 0.1) is 12.8 Å². The van der Waals surface area contributed by atoms with Crippen LogP contribution in [-0.2, 0) is 0 Å². The summed E-state index contributed by atoms with van der Waals surface area (Å²) in [5.41, 5.74) is 2.55. The summed E-state index contributed by atoms with van der Waals surface area (Å²) < 4.78 is 1.19. The van der Waals surface area contributed by atoms with Crippen LogP contribution in [0.5, 0.6) is 0 Å². The third-order valence-electron chi connectivity index (χ3n) is 3.23. The lowest BCUT2D eigenvalue weighted by Crippen LogP contribution is -2.10. The van der Waals surface area contributed by atoms with Crippen molar-refractivity contribution in [2.45, 2.75) is 32.6 Å². The highest BCUT2D eigenvalue weighted by atomic mass is 79.9. The normalized spacial score (nSPS) is 16.9. The van der Waals surface area contributed by atoms with Gasteiger partial charge in [0.2, 0.25) is 0 Å². The van der Waals surface area contributed by atoms with E-state index >= 15 is 0 Å². The molecule has 0 aromatic heterocycles. The minimum Gasteiger partial charge on any atom is -0.385 e. The number of hydrogen-bond donors (Lipinski definition) is 1. The van der Waals surface area contributed by atoms with Crippen LogP contribution in [0.3, 0.4) is 0 Å². The number of anilines is 1. The van der Waals surface area contributed by atoms with Crippen LogP contribution in [0.2, 0.25) is 0 Å². The fourth-order valence-corrected chi connectivity index (χ4v) is 2.48. The SMILES string of the molecule is Cc1cc(NCC2CCCC2)ccc1Br. The molecule has 0 atom stereocenters. The van der Waals surface area contributed by atoms with Gasteiger partial charge in [0.1, 0.15) is 0 Å². The molecule has 0 bridgehead atoms. The van der Waals surface area contributed by atoms with Gasteiger partial charge in [-0.05, 0) is 49.4 Å². The van der Waals surface area contributed by atoms with E-state index < -0.39 is 0 Å². The molecule has 1 saturated carbocycles. The van der Waals surface area contributed by atoms with Crippen molar-refractivity contribution in [2.75, 3.05) is 11.9 Å². The molecule has 0 saturated heterocycles. The molecule has 1 aromatic carbocycles. The summed E-state index contributed by atoms with van der Waals surface area (Å²) in [6, 6.07) is 6.47. The predicted molar refractivity (Wildman–Crippen MR) is 69.3 cm³/mol. The highest BCUT2D eigenvalue weighted by Crippen LogP contribution is 2.26. The van der Waals surface area contributed by atoms with Gasteiger partial charge in [0.15, 0.2) is 0 Å². The third kappa shape index (κ3) is 2.97. The second-order valence-corrected chi connectivity index (χ2v) is 5.35. The van der Waals surface area contributed by atoms with Crippen LogP contribution in [0.15, 0.2) is 22.7 Å². The maximum Gasteiger partial charge on any atom is 0.0343 e. The molecule has 2 rings (SSSR count). The maximum absolute atomic E-state index is 3.53. The van der Waals surface area contributed by atoms with Crippen molar-refractivity contribution in [3.63, 3.8) is 0 Å². The van der Waals surface area contributed by atoms with Gasteiger partial charge in [-0.1, -0.05) is 28.8 Å². The number of hydrogen-bond acceptors (Lipinski definition) is 1. The van der Waals surface area contributed by atoms with Crippen molar-refractivity contribution in [1.29, 1.82) is 0 Å². The molecule has 0 amide bonds. The first-order chi connectivity index (χ1) is 7.25. The summed E-state index contributed by atoms with van der Waals surface area (Å²) in [6.07, 6.45) is 5.66. The number of rotatable bonds is 3. The summed E-state index contributed by atoms with van der Waals surface area (Å²) >= 11 is 3.52. The first-order valence-electron chi connectivity index (χ1n) is 5.76. The lowest BCUT2D eigenvalue weighted by Gasteiger charge is -2.12. The molecule has 0 aliphatic heterocycles. The highest BCUT2D eigenvalue weighted by Gasteiger charge is 2.14. The Morgan fingerprint density at radius 2 is 2.07 bits per heavy atom. The van der Waals surface area contributed by atoms with Gasteiger partial charge >= 0.3 is 0 Å². The van der Waals surface area contributed by atoms with Gasteiger partial charge < -0.3 is 5.32 Å². The van der Waals surface area contributed by atoms with Crippen molar-refractivity contribution in [3.8, 4) is 0 Å². The van der Waals surface area contributed by atoms with Crippen LogP contribution in [-0.4, -0.2) is 6.54 Å². The van der Waals surface area contributed by atoms with Gasteiger partial charge in [0.25, 0.3) is 0 Å². The summed E-state index contributed by atoms with van der Waals surface area (Å²) in [5, 5.41) is 3.53. The quantitative estimate of drug-likeness (QED) is 0.858. The average molecular weight is 268 g/mol. The molecule has 1 N–H and O–H groups in total. The van der Waals surface area contributed by atoms with Gasteiger partial charge in [-0.3, -0.25) is 0 Å². The van der Waals surface area contributed by atoms with Crippen LogP contribution >= 0.6 is 15.9 Å². The van der Waals surface area contributed by atoms with Gasteiger partial charge in [-0.15, -0.1) is 0 Å². The number of halogens is 1. The predicted octanol–water partition coefficient (Wildman–Crippen LogP) is 4.36. The monoisotopic (exact) mass is 267 g/mol. The minimum atomic E-state index is 0.897. The molecule has 2 heteroatoms. The fourth-order valence-electron chi connectivity index (χ4n) is 2.23. The topological polar surface area (TPSA) is 12.0 Å². The first kappa shape index (κ1) is 11.0. The molecule has 0 spiro atoms. The summed E-state index contributed by atoms with van der Waals surface area (Å²) in [6.45, 7) is 3.27. The molecule has 0 heterocycles. The zero-order chi connectivity index (χ0) is 10.7. The molecule has 1 aliphatic carbocycles. The van der Waals surface area contributed by atoms with E-state index in [0.717, 1.165) is 12.5 Å². The smallest absolute Gasteiger partial charge is 0.0343 e. The van der Waals surface area contributed by atoms with E-state index in [1.54, 1.807) is 0 Å². The van der Waals surface area contributed by atoms with Crippen LogP contribution in [0.1, 0.15) is 31.2 Å². The van der Waals surface area contributed by atoms with E-state index in [2.05, 4.69) is 46.4 Å². The molecule has 0 radical (unpaired) electrons. The molecule has 1 aromatic rings. The van der Waals surface area contributed by atoms with Crippen LogP contribution in [0.4, 0.5) is 5.69 Å². The van der Waals surface area contributed by atoms with E-state index in [4.69, 9.17) is 0 Å². The van der Waals surface area contributed by atoms with Crippen LogP contribution < -0.4 is 5.32 Å². The molecule has 1 aliphatic rings. The molecule has 15 heavy (non-hydrogen) atoms. The van der Waals surface area contributed by atoms with Gasteiger partial charge in [0, 0.05) is 16.7 Å². The third-order valence-corrected chi connectivity index (χ3v) is 4.12. The zero-order valence-electron chi connectivity index (χ0n) is 9.22. The van der Waals surface area contributed by atoms with Crippen molar-refractivity contribution in [3.05, 3.63) is 28.2 Å². The van der Waals surface area contributed by atoms with E-state index in [9.17, 15) is 0 Å². The van der Waals surface area contributed by atoms with Crippen LogP contribution in [0.25, 0.3) is 0 Å². The number of nitrogens with one attached hydrogen (secondary N) is 1. The molecule has 0 unspecified atom stereocenters. The van der Waals surface area contributed by atoms with Crippen molar-refractivity contribution in [2.24, 2.45) is 5.92 Å². The highest BCUT2D eigenvalue weighted by molar-refractivity contribution is 9.10. The second kappa shape index (κ2) is 5.02. The Morgan fingerprint density at radius 1 is 1.33 bits per heavy atom. The summed E-state index contributed by atoms with van der Waals surface area (Å²) in [4.78, 5) is 0. The maximum atomic E-state index is 3.53. The molecule has 82 valence electrons. The standard InChI is InChI=1S/C13H18BrN/c1-10-8-12(6-7-13(10)14)15-9-11-4-2-3-5-11/h6-8,11,15H,2-5,9H2,1H3. The number of benzene rings is 1. The molecule has 1 fully saturated rings. The van der Waals surface area contributed by atoms with Crippen molar-refractivity contribution < 1.29 is 0 Å². The zero-order valence-corrected chi connectivity index (χ0v) is 10.8. The minimum absolute atomic E-state index is 0.897. The lowest BCUT2D eigenvalue weighted by molar-refractivity contribution is 0.580. The summed E-state index contributed by atoms with van der Waals surface area (Å²) in [5.74, 6) is 0.897. The Balaban J connectivity index is 1.90. The van der Waals surface area contributed by atoms with Gasteiger partial charge in [-0.25, -0.2) is 0 Å². The van der Waals surface area contributed by atoms with Crippen molar-refractivity contribution >= 4 is 21.6 Å². The molecular formula is C13H18BrN. The Kier molecular flexibility index (Phi) is 3.68. The number of aryl methyl sites for hydroxylation is 1. The largest absolute Gasteiger partial charge is 0.385 e. The van der Waals surface area contributed by atoms with Gasteiger partial charge in [0.05, 0.1) is 0 Å². The second-order valence-electron chi connectivity index (χ2n) is 4.50. The van der Waals surface area contributed by atoms with E-state index in [-0.39, 0.29) is 0 Å².